The summed E-state index contributed by atoms with van der Waals surface area (Å²) in [7, 11) is 0. The molecule has 120 valence electrons. The first kappa shape index (κ1) is 15.8. The van der Waals surface area contributed by atoms with E-state index in [1.807, 2.05) is 25.1 Å². The maximum absolute atomic E-state index is 11.7. The molecule has 0 atom stereocenters. The van der Waals surface area contributed by atoms with E-state index in [0.29, 0.717) is 6.61 Å². The van der Waals surface area contributed by atoms with Gasteiger partial charge in [0.15, 0.2) is 5.78 Å². The molecule has 0 aliphatic carbocycles. The number of hydrogen-bond donors (Lipinski definition) is 0. The number of benzene rings is 2. The summed E-state index contributed by atoms with van der Waals surface area (Å²) in [5.41, 5.74) is 4.70. The van der Waals surface area contributed by atoms with Crippen LogP contribution in [0.2, 0.25) is 0 Å². The van der Waals surface area contributed by atoms with Gasteiger partial charge in [0.1, 0.15) is 5.75 Å². The SMILES string of the molecule is CCOc1ccc(C(C)=O)cc1CN1CCc2ccccc2C1. The number of ketones is 1. The molecule has 1 aliphatic heterocycles. The van der Waals surface area contributed by atoms with Crippen molar-refractivity contribution in [1.29, 1.82) is 0 Å². The Morgan fingerprint density at radius 2 is 1.96 bits per heavy atom. The second kappa shape index (κ2) is 6.97. The summed E-state index contributed by atoms with van der Waals surface area (Å²) < 4.78 is 5.74. The Balaban J connectivity index is 1.82. The van der Waals surface area contributed by atoms with Crippen LogP contribution in [0.4, 0.5) is 0 Å². The minimum Gasteiger partial charge on any atom is -0.494 e. The van der Waals surface area contributed by atoms with Crippen LogP contribution in [0.25, 0.3) is 0 Å². The average Bonchev–Trinajstić information content (AvgIpc) is 2.56. The monoisotopic (exact) mass is 309 g/mol. The molecular formula is C20H23NO2. The molecule has 1 aliphatic rings. The van der Waals surface area contributed by atoms with Gasteiger partial charge in [0.2, 0.25) is 0 Å². The summed E-state index contributed by atoms with van der Waals surface area (Å²) in [5.74, 6) is 0.981. The van der Waals surface area contributed by atoms with Gasteiger partial charge in [0.05, 0.1) is 6.61 Å². The first-order valence-corrected chi connectivity index (χ1v) is 8.23. The highest BCUT2D eigenvalue weighted by atomic mass is 16.5. The van der Waals surface area contributed by atoms with Gasteiger partial charge < -0.3 is 4.74 Å². The standard InChI is InChI=1S/C20H23NO2/c1-3-23-20-9-8-17(15(2)22)12-19(20)14-21-11-10-16-6-4-5-7-18(16)13-21/h4-9,12H,3,10-11,13-14H2,1-2H3. The van der Waals surface area contributed by atoms with Crippen LogP contribution in [0.3, 0.4) is 0 Å². The predicted octanol–water partition coefficient (Wildman–Crippen LogP) is 3.85. The highest BCUT2D eigenvalue weighted by molar-refractivity contribution is 5.94. The lowest BCUT2D eigenvalue weighted by atomic mass is 9.99. The minimum atomic E-state index is 0.0956. The third-order valence-electron chi connectivity index (χ3n) is 4.37. The lowest BCUT2D eigenvalue weighted by Crippen LogP contribution is -2.30. The molecule has 2 aromatic rings. The first-order chi connectivity index (χ1) is 11.2. The molecule has 1 heterocycles. The van der Waals surface area contributed by atoms with Crippen molar-refractivity contribution in [3.8, 4) is 5.75 Å². The lowest BCUT2D eigenvalue weighted by Gasteiger charge is -2.29. The maximum Gasteiger partial charge on any atom is 0.159 e. The molecule has 23 heavy (non-hydrogen) atoms. The maximum atomic E-state index is 11.7. The molecule has 0 saturated carbocycles. The Morgan fingerprint density at radius 3 is 2.70 bits per heavy atom. The number of nitrogens with zero attached hydrogens (tertiary/aromatic N) is 1. The van der Waals surface area contributed by atoms with E-state index in [4.69, 9.17) is 4.74 Å². The van der Waals surface area contributed by atoms with Crippen molar-refractivity contribution in [3.05, 3.63) is 64.7 Å². The average molecular weight is 309 g/mol. The highest BCUT2D eigenvalue weighted by Gasteiger charge is 2.18. The van der Waals surface area contributed by atoms with Crippen molar-refractivity contribution >= 4 is 5.78 Å². The van der Waals surface area contributed by atoms with Gasteiger partial charge in [-0.25, -0.2) is 0 Å². The van der Waals surface area contributed by atoms with E-state index in [1.165, 1.54) is 11.1 Å². The summed E-state index contributed by atoms with van der Waals surface area (Å²) in [6.07, 6.45) is 1.08. The predicted molar refractivity (Wildman–Crippen MR) is 91.9 cm³/mol. The van der Waals surface area contributed by atoms with Crippen molar-refractivity contribution < 1.29 is 9.53 Å². The van der Waals surface area contributed by atoms with Crippen molar-refractivity contribution in [2.45, 2.75) is 33.4 Å². The molecule has 0 saturated heterocycles. The lowest BCUT2D eigenvalue weighted by molar-refractivity contribution is 0.101. The zero-order valence-electron chi connectivity index (χ0n) is 13.8. The smallest absolute Gasteiger partial charge is 0.159 e. The molecule has 0 fully saturated rings. The van der Waals surface area contributed by atoms with Gasteiger partial charge in [-0.2, -0.15) is 0 Å². The zero-order chi connectivity index (χ0) is 16.2. The van der Waals surface area contributed by atoms with E-state index >= 15 is 0 Å². The number of carbonyl (C=O) groups excluding carboxylic acids is 1. The number of carbonyl (C=O) groups is 1. The number of hydrogen-bond acceptors (Lipinski definition) is 3. The van der Waals surface area contributed by atoms with Gasteiger partial charge in [-0.3, -0.25) is 9.69 Å². The van der Waals surface area contributed by atoms with E-state index in [2.05, 4.69) is 29.2 Å². The van der Waals surface area contributed by atoms with Crippen molar-refractivity contribution in [2.75, 3.05) is 13.2 Å². The molecule has 0 bridgehead atoms. The third kappa shape index (κ3) is 3.62. The van der Waals surface area contributed by atoms with Crippen molar-refractivity contribution in [2.24, 2.45) is 0 Å². The minimum absolute atomic E-state index is 0.0956. The molecule has 3 nitrogen and oxygen atoms in total. The molecule has 0 spiro atoms. The second-order valence-electron chi connectivity index (χ2n) is 6.04. The van der Waals surface area contributed by atoms with Gasteiger partial charge >= 0.3 is 0 Å². The largest absolute Gasteiger partial charge is 0.494 e. The van der Waals surface area contributed by atoms with E-state index < -0.39 is 0 Å². The van der Waals surface area contributed by atoms with Crippen LogP contribution in [0.15, 0.2) is 42.5 Å². The summed E-state index contributed by atoms with van der Waals surface area (Å²) in [4.78, 5) is 14.1. The number of Topliss-reactive ketones (excluding diaryl/α,β-unsaturated/α-hetero) is 1. The van der Waals surface area contributed by atoms with Crippen LogP contribution in [-0.4, -0.2) is 23.8 Å². The summed E-state index contributed by atoms with van der Waals surface area (Å²) >= 11 is 0. The van der Waals surface area contributed by atoms with Crippen LogP contribution in [0, 0.1) is 0 Å². The number of rotatable bonds is 5. The highest BCUT2D eigenvalue weighted by Crippen LogP contribution is 2.26. The molecule has 3 rings (SSSR count). The van der Waals surface area contributed by atoms with Gasteiger partial charge in [0, 0.05) is 30.8 Å². The molecule has 0 radical (unpaired) electrons. The van der Waals surface area contributed by atoms with Crippen molar-refractivity contribution in [3.63, 3.8) is 0 Å². The molecule has 0 amide bonds. The molecule has 0 aromatic heterocycles. The fraction of sp³-hybridized carbons (Fsp3) is 0.350. The number of ether oxygens (including phenoxy) is 1. The topological polar surface area (TPSA) is 29.5 Å². The van der Waals surface area contributed by atoms with E-state index in [0.717, 1.165) is 42.9 Å². The van der Waals surface area contributed by atoms with Gasteiger partial charge in [-0.15, -0.1) is 0 Å². The molecule has 3 heteroatoms. The summed E-state index contributed by atoms with van der Waals surface area (Å²) in [6, 6.07) is 14.4. The summed E-state index contributed by atoms with van der Waals surface area (Å²) in [6.45, 7) is 7.02. The summed E-state index contributed by atoms with van der Waals surface area (Å²) in [5, 5.41) is 0. The van der Waals surface area contributed by atoms with Gasteiger partial charge in [0.25, 0.3) is 0 Å². The Hall–Kier alpha value is -2.13. The van der Waals surface area contributed by atoms with Gasteiger partial charge in [-0.1, -0.05) is 24.3 Å². The zero-order valence-corrected chi connectivity index (χ0v) is 13.8. The Morgan fingerprint density at radius 1 is 1.17 bits per heavy atom. The first-order valence-electron chi connectivity index (χ1n) is 8.23. The van der Waals surface area contributed by atoms with Crippen molar-refractivity contribution in [1.82, 2.24) is 4.90 Å². The Labute approximate surface area is 137 Å². The third-order valence-corrected chi connectivity index (χ3v) is 4.37. The molecule has 0 N–H and O–H groups in total. The van der Waals surface area contributed by atoms with E-state index in [1.54, 1.807) is 6.92 Å². The van der Waals surface area contributed by atoms with Crippen LogP contribution < -0.4 is 4.74 Å². The van der Waals surface area contributed by atoms with E-state index in [9.17, 15) is 4.79 Å². The normalized spacial score (nSPS) is 14.3. The Kier molecular flexibility index (Phi) is 4.77. The molecular weight excluding hydrogens is 286 g/mol. The van der Waals surface area contributed by atoms with E-state index in [-0.39, 0.29) is 5.78 Å². The van der Waals surface area contributed by atoms with Gasteiger partial charge in [-0.05, 0) is 49.6 Å². The van der Waals surface area contributed by atoms with Crippen LogP contribution in [-0.2, 0) is 19.5 Å². The second-order valence-corrected chi connectivity index (χ2v) is 6.04. The Bertz CT molecular complexity index is 709. The van der Waals surface area contributed by atoms with Crippen LogP contribution in [0.1, 0.15) is 40.9 Å². The fourth-order valence-corrected chi connectivity index (χ4v) is 3.15. The quantitative estimate of drug-likeness (QED) is 0.786. The molecule has 0 unspecified atom stereocenters. The van der Waals surface area contributed by atoms with Crippen LogP contribution in [0.5, 0.6) is 5.75 Å². The molecule has 2 aromatic carbocycles. The number of fused-ring (bicyclic) bond motifs is 1. The fourth-order valence-electron chi connectivity index (χ4n) is 3.15. The van der Waals surface area contributed by atoms with Crippen LogP contribution >= 0.6 is 0 Å².